The Morgan fingerprint density at radius 3 is 2.68 bits per heavy atom. The Labute approximate surface area is 106 Å². The zero-order valence-electron chi connectivity index (χ0n) is 9.37. The van der Waals surface area contributed by atoms with Gasteiger partial charge in [0, 0.05) is 6.07 Å². The highest BCUT2D eigenvalue weighted by Gasteiger charge is 2.08. The van der Waals surface area contributed by atoms with Gasteiger partial charge in [0.15, 0.2) is 5.69 Å². The molecule has 0 fully saturated rings. The van der Waals surface area contributed by atoms with Crippen LogP contribution < -0.4 is 4.74 Å². The normalized spacial score (nSPS) is 9.68. The molecule has 19 heavy (non-hydrogen) atoms. The summed E-state index contributed by atoms with van der Waals surface area (Å²) in [5.74, 6) is -1.76. The first-order valence-corrected chi connectivity index (χ1v) is 5.03. The van der Waals surface area contributed by atoms with Crippen LogP contribution in [-0.2, 0) is 0 Å². The molecule has 0 aliphatic carbocycles. The highest BCUT2D eigenvalue weighted by molar-refractivity contribution is 5.84. The van der Waals surface area contributed by atoms with Gasteiger partial charge in [0.25, 0.3) is 0 Å². The monoisotopic (exact) mass is 259 g/mol. The number of rotatable bonds is 3. The Balaban J connectivity index is 2.19. The van der Waals surface area contributed by atoms with Gasteiger partial charge < -0.3 is 9.84 Å². The summed E-state index contributed by atoms with van der Waals surface area (Å²) in [6, 6.07) is 5.38. The van der Waals surface area contributed by atoms with E-state index in [4.69, 9.17) is 15.1 Å². The van der Waals surface area contributed by atoms with Crippen LogP contribution in [0, 0.1) is 17.1 Å². The third-order valence-electron chi connectivity index (χ3n) is 2.13. The smallest absolute Gasteiger partial charge is 0.356 e. The second kappa shape index (κ2) is 5.10. The SMILES string of the molecule is N#Cc1ccc(Oc2cnc(C(=O)O)cn2)cc1F. The number of halogens is 1. The summed E-state index contributed by atoms with van der Waals surface area (Å²) in [5.41, 5.74) is -0.321. The van der Waals surface area contributed by atoms with Gasteiger partial charge >= 0.3 is 5.97 Å². The minimum absolute atomic E-state index is 0.0223. The van der Waals surface area contributed by atoms with Crippen molar-refractivity contribution in [3.05, 3.63) is 47.7 Å². The largest absolute Gasteiger partial charge is 0.476 e. The molecule has 1 heterocycles. The first kappa shape index (κ1) is 12.4. The standard InChI is InChI=1S/C12H6FN3O3/c13-9-3-8(2-1-7(9)4-14)19-11-6-15-10(5-16-11)12(17)18/h1-3,5-6H,(H,17,18). The summed E-state index contributed by atoms with van der Waals surface area (Å²) in [4.78, 5) is 17.9. The summed E-state index contributed by atoms with van der Waals surface area (Å²) >= 11 is 0. The Kier molecular flexibility index (Phi) is 3.34. The molecule has 6 nitrogen and oxygen atoms in total. The fourth-order valence-corrected chi connectivity index (χ4v) is 1.25. The molecule has 2 aromatic rings. The van der Waals surface area contributed by atoms with Crippen molar-refractivity contribution in [2.24, 2.45) is 0 Å². The zero-order chi connectivity index (χ0) is 13.8. The van der Waals surface area contributed by atoms with E-state index in [0.29, 0.717) is 0 Å². The predicted molar refractivity (Wildman–Crippen MR) is 60.2 cm³/mol. The van der Waals surface area contributed by atoms with Crippen molar-refractivity contribution in [2.75, 3.05) is 0 Å². The van der Waals surface area contributed by atoms with Crippen molar-refractivity contribution in [2.45, 2.75) is 0 Å². The van der Waals surface area contributed by atoms with Crippen molar-refractivity contribution in [1.29, 1.82) is 5.26 Å². The molecule has 0 saturated heterocycles. The van der Waals surface area contributed by atoms with Gasteiger partial charge in [-0.1, -0.05) is 0 Å². The van der Waals surface area contributed by atoms with Gasteiger partial charge in [-0.15, -0.1) is 0 Å². The Hall–Kier alpha value is -3.01. The first-order chi connectivity index (χ1) is 9.10. The maximum absolute atomic E-state index is 13.3. The molecule has 0 aliphatic heterocycles. The minimum Gasteiger partial charge on any atom is -0.476 e. The number of carboxylic acids is 1. The molecule has 94 valence electrons. The molecule has 0 amide bonds. The molecule has 0 saturated carbocycles. The molecular weight excluding hydrogens is 253 g/mol. The predicted octanol–water partition coefficient (Wildman–Crippen LogP) is 1.98. The third kappa shape index (κ3) is 2.81. The van der Waals surface area contributed by atoms with Crippen molar-refractivity contribution in [3.63, 3.8) is 0 Å². The van der Waals surface area contributed by atoms with E-state index in [-0.39, 0.29) is 22.9 Å². The number of benzene rings is 1. The number of hydrogen-bond acceptors (Lipinski definition) is 5. The molecule has 1 aromatic carbocycles. The maximum Gasteiger partial charge on any atom is 0.356 e. The summed E-state index contributed by atoms with van der Waals surface area (Å²) in [6.07, 6.45) is 2.14. The number of nitrogens with zero attached hydrogens (tertiary/aromatic N) is 3. The van der Waals surface area contributed by atoms with E-state index in [1.54, 1.807) is 6.07 Å². The Bertz CT molecular complexity index is 665. The van der Waals surface area contributed by atoms with Gasteiger partial charge in [-0.2, -0.15) is 5.26 Å². The van der Waals surface area contributed by atoms with Crippen LogP contribution in [0.5, 0.6) is 11.6 Å². The van der Waals surface area contributed by atoms with Gasteiger partial charge in [0.1, 0.15) is 17.6 Å². The van der Waals surface area contributed by atoms with Gasteiger partial charge in [-0.25, -0.2) is 19.2 Å². The van der Waals surface area contributed by atoms with E-state index in [9.17, 15) is 9.18 Å². The molecule has 0 unspecified atom stereocenters. The Morgan fingerprint density at radius 1 is 1.37 bits per heavy atom. The van der Waals surface area contributed by atoms with E-state index < -0.39 is 11.8 Å². The van der Waals surface area contributed by atoms with Gasteiger partial charge in [0.2, 0.25) is 5.88 Å². The van der Waals surface area contributed by atoms with Crippen molar-refractivity contribution >= 4 is 5.97 Å². The minimum atomic E-state index is -1.21. The lowest BCUT2D eigenvalue weighted by atomic mass is 10.2. The summed E-state index contributed by atoms with van der Waals surface area (Å²) in [6.45, 7) is 0. The fourth-order valence-electron chi connectivity index (χ4n) is 1.25. The molecular formula is C12H6FN3O3. The molecule has 2 rings (SSSR count). The third-order valence-corrected chi connectivity index (χ3v) is 2.13. The maximum atomic E-state index is 13.3. The number of carboxylic acid groups (broad SMARTS) is 1. The van der Waals surface area contributed by atoms with E-state index in [2.05, 4.69) is 9.97 Å². The number of ether oxygens (including phenoxy) is 1. The van der Waals surface area contributed by atoms with E-state index >= 15 is 0 Å². The van der Waals surface area contributed by atoms with Gasteiger partial charge in [-0.3, -0.25) is 0 Å². The van der Waals surface area contributed by atoms with Gasteiger partial charge in [-0.05, 0) is 12.1 Å². The molecule has 0 aliphatic rings. The summed E-state index contributed by atoms with van der Waals surface area (Å²) in [5, 5.41) is 17.2. The number of aromatic nitrogens is 2. The van der Waals surface area contributed by atoms with Crippen LogP contribution in [0.15, 0.2) is 30.6 Å². The molecule has 0 radical (unpaired) electrons. The van der Waals surface area contributed by atoms with E-state index in [0.717, 1.165) is 18.5 Å². The topological polar surface area (TPSA) is 96.1 Å². The van der Waals surface area contributed by atoms with Gasteiger partial charge in [0.05, 0.1) is 18.0 Å². The molecule has 1 N–H and O–H groups in total. The average Bonchev–Trinajstić information content (AvgIpc) is 2.39. The molecule has 1 aromatic heterocycles. The second-order valence-electron chi connectivity index (χ2n) is 3.40. The van der Waals surface area contributed by atoms with E-state index in [1.165, 1.54) is 12.1 Å². The number of carbonyl (C=O) groups is 1. The summed E-state index contributed by atoms with van der Waals surface area (Å²) < 4.78 is 18.5. The van der Waals surface area contributed by atoms with Crippen LogP contribution in [0.4, 0.5) is 4.39 Å². The number of nitriles is 1. The average molecular weight is 259 g/mol. The number of aromatic carboxylic acids is 1. The van der Waals surface area contributed by atoms with Crippen molar-refractivity contribution in [1.82, 2.24) is 9.97 Å². The van der Waals surface area contributed by atoms with Crippen LogP contribution in [0.2, 0.25) is 0 Å². The molecule has 0 spiro atoms. The van der Waals surface area contributed by atoms with Crippen LogP contribution in [0.3, 0.4) is 0 Å². The highest BCUT2D eigenvalue weighted by atomic mass is 19.1. The molecule has 7 heteroatoms. The lowest BCUT2D eigenvalue weighted by molar-refractivity contribution is 0.0690. The fraction of sp³-hybridized carbons (Fsp3) is 0. The molecule has 0 atom stereocenters. The van der Waals surface area contributed by atoms with Crippen LogP contribution in [0.25, 0.3) is 0 Å². The Morgan fingerprint density at radius 2 is 2.16 bits per heavy atom. The number of hydrogen-bond donors (Lipinski definition) is 1. The lowest BCUT2D eigenvalue weighted by Crippen LogP contribution is -2.01. The first-order valence-electron chi connectivity index (χ1n) is 5.03. The lowest BCUT2D eigenvalue weighted by Gasteiger charge is -2.04. The van der Waals surface area contributed by atoms with Crippen molar-refractivity contribution in [3.8, 4) is 17.7 Å². The van der Waals surface area contributed by atoms with E-state index in [1.807, 2.05) is 0 Å². The second-order valence-corrected chi connectivity index (χ2v) is 3.40. The highest BCUT2D eigenvalue weighted by Crippen LogP contribution is 2.21. The molecule has 0 bridgehead atoms. The van der Waals surface area contributed by atoms with Crippen LogP contribution in [-0.4, -0.2) is 21.0 Å². The van der Waals surface area contributed by atoms with Crippen LogP contribution >= 0.6 is 0 Å². The van der Waals surface area contributed by atoms with Crippen molar-refractivity contribution < 1.29 is 19.0 Å². The quantitative estimate of drug-likeness (QED) is 0.905. The zero-order valence-corrected chi connectivity index (χ0v) is 9.37. The summed E-state index contributed by atoms with van der Waals surface area (Å²) in [7, 11) is 0. The van der Waals surface area contributed by atoms with Crippen LogP contribution in [0.1, 0.15) is 16.1 Å².